The summed E-state index contributed by atoms with van der Waals surface area (Å²) >= 11 is 0. The number of hydrogen-bond acceptors (Lipinski definition) is 5. The van der Waals surface area contributed by atoms with E-state index in [0.29, 0.717) is 12.8 Å². The molecule has 5 nitrogen and oxygen atoms in total. The molecule has 2 N–H and O–H groups in total. The number of ketones is 1. The Hall–Kier alpha value is -0.940. The highest BCUT2D eigenvalue weighted by atomic mass is 16.6. The van der Waals surface area contributed by atoms with Gasteiger partial charge in [-0.25, -0.2) is 0 Å². The van der Waals surface area contributed by atoms with Gasteiger partial charge in [0.1, 0.15) is 12.1 Å². The number of carbonyl (C=O) groups is 2. The third-order valence-electron chi connectivity index (χ3n) is 3.13. The number of ether oxygens (including phenoxy) is 2. The van der Waals surface area contributed by atoms with E-state index in [4.69, 9.17) is 10.5 Å². The van der Waals surface area contributed by atoms with Gasteiger partial charge in [-0.3, -0.25) is 9.59 Å². The highest BCUT2D eigenvalue weighted by molar-refractivity contribution is 5.87. The van der Waals surface area contributed by atoms with E-state index < -0.39 is 12.0 Å². The van der Waals surface area contributed by atoms with Crippen LogP contribution < -0.4 is 5.73 Å². The molecule has 0 aromatic heterocycles. The molecule has 15 heavy (non-hydrogen) atoms. The number of rotatable bonds is 3. The van der Waals surface area contributed by atoms with Gasteiger partial charge in [0.15, 0.2) is 5.78 Å². The number of nitrogens with two attached hydrogens (primary N) is 1. The first kappa shape index (κ1) is 10.6. The van der Waals surface area contributed by atoms with Gasteiger partial charge in [0, 0.05) is 6.42 Å². The van der Waals surface area contributed by atoms with Crippen LogP contribution in [0.25, 0.3) is 0 Å². The van der Waals surface area contributed by atoms with Crippen molar-refractivity contribution in [1.29, 1.82) is 0 Å². The van der Waals surface area contributed by atoms with Crippen molar-refractivity contribution in [2.45, 2.75) is 37.5 Å². The number of Topliss-reactive ketones (excluding diaryl/α,β-unsaturated/α-hetero) is 1. The van der Waals surface area contributed by atoms with Gasteiger partial charge in [-0.15, -0.1) is 0 Å². The first-order chi connectivity index (χ1) is 7.13. The van der Waals surface area contributed by atoms with E-state index >= 15 is 0 Å². The molecule has 0 amide bonds. The molecule has 2 aliphatic rings. The number of epoxide rings is 1. The maximum absolute atomic E-state index is 11.2. The molecule has 2 fully saturated rings. The Morgan fingerprint density at radius 1 is 1.73 bits per heavy atom. The fourth-order valence-corrected chi connectivity index (χ4v) is 2.20. The average molecular weight is 213 g/mol. The van der Waals surface area contributed by atoms with Crippen LogP contribution in [0.5, 0.6) is 0 Å². The first-order valence-corrected chi connectivity index (χ1v) is 5.15. The molecule has 1 aliphatic carbocycles. The maximum Gasteiger partial charge on any atom is 0.322 e. The fraction of sp³-hybridized carbons (Fsp3) is 0.800. The zero-order valence-electron chi connectivity index (χ0n) is 8.64. The molecule has 2 rings (SSSR count). The Balaban J connectivity index is 1.86. The highest BCUT2D eigenvalue weighted by Gasteiger charge is 2.52. The largest absolute Gasteiger partial charge is 0.468 e. The first-order valence-electron chi connectivity index (χ1n) is 5.15. The number of esters is 1. The molecule has 4 atom stereocenters. The van der Waals surface area contributed by atoms with Gasteiger partial charge in [0.05, 0.1) is 13.2 Å². The van der Waals surface area contributed by atoms with Crippen molar-refractivity contribution < 1.29 is 19.1 Å². The van der Waals surface area contributed by atoms with Crippen LogP contribution in [0.3, 0.4) is 0 Å². The smallest absolute Gasteiger partial charge is 0.322 e. The van der Waals surface area contributed by atoms with Crippen molar-refractivity contribution in [2.75, 3.05) is 7.11 Å². The van der Waals surface area contributed by atoms with E-state index in [1.807, 2.05) is 0 Å². The summed E-state index contributed by atoms with van der Waals surface area (Å²) < 4.78 is 9.81. The lowest BCUT2D eigenvalue weighted by Crippen LogP contribution is -2.36. The van der Waals surface area contributed by atoms with Crippen LogP contribution in [-0.4, -0.2) is 37.1 Å². The number of carbonyl (C=O) groups excluding carboxylic acids is 2. The van der Waals surface area contributed by atoms with E-state index in [1.54, 1.807) is 0 Å². The zero-order chi connectivity index (χ0) is 11.0. The molecular weight excluding hydrogens is 198 g/mol. The lowest BCUT2D eigenvalue weighted by atomic mass is 9.84. The zero-order valence-corrected chi connectivity index (χ0v) is 8.64. The van der Waals surface area contributed by atoms with Gasteiger partial charge in [-0.05, 0) is 18.8 Å². The minimum absolute atomic E-state index is 0.00181. The van der Waals surface area contributed by atoms with Gasteiger partial charge in [-0.2, -0.15) is 0 Å². The standard InChI is InChI=1S/C10H15NO4/c1-14-10(13)6(11)4-5-2-3-7(12)9-8(5)15-9/h5-6,8-9H,2-4,11H2,1H3/t5-,6+,8-,9?/m1/s1. The summed E-state index contributed by atoms with van der Waals surface area (Å²) in [6, 6.07) is -0.599. The molecule has 0 spiro atoms. The molecule has 1 heterocycles. The second kappa shape index (κ2) is 3.90. The van der Waals surface area contributed by atoms with Crippen LogP contribution >= 0.6 is 0 Å². The van der Waals surface area contributed by atoms with Crippen LogP contribution in [0.1, 0.15) is 19.3 Å². The molecule has 1 aliphatic heterocycles. The molecule has 1 saturated carbocycles. The molecule has 84 valence electrons. The van der Waals surface area contributed by atoms with Crippen molar-refractivity contribution in [3.63, 3.8) is 0 Å². The van der Waals surface area contributed by atoms with Gasteiger partial charge < -0.3 is 15.2 Å². The van der Waals surface area contributed by atoms with E-state index in [-0.39, 0.29) is 23.9 Å². The van der Waals surface area contributed by atoms with Crippen molar-refractivity contribution in [1.82, 2.24) is 0 Å². The summed E-state index contributed by atoms with van der Waals surface area (Å²) in [6.45, 7) is 0. The second-order valence-electron chi connectivity index (χ2n) is 4.15. The summed E-state index contributed by atoms with van der Waals surface area (Å²) in [5.74, 6) is 0.00814. The predicted octanol–water partition coefficient (Wildman–Crippen LogP) is -0.377. The topological polar surface area (TPSA) is 81.9 Å². The lowest BCUT2D eigenvalue weighted by molar-refractivity contribution is -0.142. The molecule has 5 heteroatoms. The van der Waals surface area contributed by atoms with Crippen LogP contribution in [-0.2, 0) is 19.1 Å². The Morgan fingerprint density at radius 3 is 3.13 bits per heavy atom. The second-order valence-corrected chi connectivity index (χ2v) is 4.15. The lowest BCUT2D eigenvalue weighted by Gasteiger charge is -2.19. The third-order valence-corrected chi connectivity index (χ3v) is 3.13. The number of hydrogen-bond donors (Lipinski definition) is 1. The van der Waals surface area contributed by atoms with Crippen molar-refractivity contribution in [2.24, 2.45) is 11.7 Å². The maximum atomic E-state index is 11.2. The predicted molar refractivity (Wildman–Crippen MR) is 51.0 cm³/mol. The summed E-state index contributed by atoms with van der Waals surface area (Å²) in [6.07, 6.45) is 1.64. The van der Waals surface area contributed by atoms with Gasteiger partial charge >= 0.3 is 5.97 Å². The SMILES string of the molecule is COC(=O)[C@@H](N)C[C@H]1CCC(=O)C2O[C@@H]21. The van der Waals surface area contributed by atoms with E-state index in [9.17, 15) is 9.59 Å². The summed E-state index contributed by atoms with van der Waals surface area (Å²) in [7, 11) is 1.32. The molecule has 0 bridgehead atoms. The van der Waals surface area contributed by atoms with E-state index in [1.165, 1.54) is 7.11 Å². The molecule has 1 unspecified atom stereocenters. The quantitative estimate of drug-likeness (QED) is 0.510. The molecule has 1 saturated heterocycles. The van der Waals surface area contributed by atoms with Crippen LogP contribution in [0, 0.1) is 5.92 Å². The van der Waals surface area contributed by atoms with E-state index in [2.05, 4.69) is 4.74 Å². The van der Waals surface area contributed by atoms with Crippen LogP contribution in [0.4, 0.5) is 0 Å². The van der Waals surface area contributed by atoms with Crippen molar-refractivity contribution >= 4 is 11.8 Å². The third kappa shape index (κ3) is 2.03. The van der Waals surface area contributed by atoms with Crippen LogP contribution in [0.15, 0.2) is 0 Å². The minimum atomic E-state index is -0.599. The Labute approximate surface area is 87.9 Å². The molecule has 0 aromatic carbocycles. The van der Waals surface area contributed by atoms with Gasteiger partial charge in [-0.1, -0.05) is 0 Å². The normalized spacial score (nSPS) is 35.6. The Kier molecular flexibility index (Phi) is 2.75. The van der Waals surface area contributed by atoms with Crippen LogP contribution in [0.2, 0.25) is 0 Å². The summed E-state index contributed by atoms with van der Waals surface area (Å²) in [5.41, 5.74) is 5.66. The Bertz CT molecular complexity index is 291. The van der Waals surface area contributed by atoms with Crippen molar-refractivity contribution in [3.05, 3.63) is 0 Å². The van der Waals surface area contributed by atoms with Gasteiger partial charge in [0.2, 0.25) is 0 Å². The molecule has 0 aromatic rings. The highest BCUT2D eigenvalue weighted by Crippen LogP contribution is 2.40. The fourth-order valence-electron chi connectivity index (χ4n) is 2.20. The Morgan fingerprint density at radius 2 is 2.47 bits per heavy atom. The molecule has 0 radical (unpaired) electrons. The minimum Gasteiger partial charge on any atom is -0.468 e. The van der Waals surface area contributed by atoms with E-state index in [0.717, 1.165) is 6.42 Å². The number of fused-ring (bicyclic) bond motifs is 1. The van der Waals surface area contributed by atoms with Gasteiger partial charge in [0.25, 0.3) is 0 Å². The molecular formula is C10H15NO4. The van der Waals surface area contributed by atoms with Crippen molar-refractivity contribution in [3.8, 4) is 0 Å². The average Bonchev–Trinajstić information content (AvgIpc) is 3.01. The summed E-state index contributed by atoms with van der Waals surface area (Å²) in [4.78, 5) is 22.3. The monoisotopic (exact) mass is 213 g/mol. The number of methoxy groups -OCH3 is 1. The summed E-state index contributed by atoms with van der Waals surface area (Å²) in [5, 5.41) is 0.